The van der Waals surface area contributed by atoms with Gasteiger partial charge >= 0.3 is 0 Å². The molecule has 1 saturated heterocycles. The lowest BCUT2D eigenvalue weighted by molar-refractivity contribution is 0.209. The molecule has 2 rings (SSSR count). The van der Waals surface area contributed by atoms with Gasteiger partial charge in [-0.15, -0.1) is 0 Å². The standard InChI is InChI=1S/C15H22BrFN2/c1-2-19(10-12-4-3-7-18-9-12)11-13-5-6-14(17)8-15(13)16/h5-6,8,12,18H,2-4,7,9-11H2,1H3. The van der Waals surface area contributed by atoms with Crippen molar-refractivity contribution >= 4 is 15.9 Å². The zero-order chi connectivity index (χ0) is 13.7. The summed E-state index contributed by atoms with van der Waals surface area (Å²) < 4.78 is 14.0. The van der Waals surface area contributed by atoms with E-state index in [2.05, 4.69) is 33.1 Å². The molecule has 19 heavy (non-hydrogen) atoms. The molecule has 1 aromatic rings. The minimum absolute atomic E-state index is 0.185. The van der Waals surface area contributed by atoms with E-state index in [0.717, 1.165) is 48.7 Å². The number of halogens is 2. The topological polar surface area (TPSA) is 15.3 Å². The van der Waals surface area contributed by atoms with Crippen molar-refractivity contribution in [3.8, 4) is 0 Å². The number of hydrogen-bond donors (Lipinski definition) is 1. The van der Waals surface area contributed by atoms with E-state index in [1.165, 1.54) is 18.9 Å². The van der Waals surface area contributed by atoms with Gasteiger partial charge in [0.15, 0.2) is 0 Å². The van der Waals surface area contributed by atoms with Gasteiger partial charge < -0.3 is 5.32 Å². The average Bonchev–Trinajstić information content (AvgIpc) is 2.42. The third-order valence-corrected chi connectivity index (χ3v) is 4.51. The van der Waals surface area contributed by atoms with E-state index in [0.29, 0.717) is 0 Å². The van der Waals surface area contributed by atoms with Crippen LogP contribution < -0.4 is 5.32 Å². The number of nitrogens with one attached hydrogen (secondary N) is 1. The summed E-state index contributed by atoms with van der Waals surface area (Å²) in [6.07, 6.45) is 2.59. The Morgan fingerprint density at radius 2 is 2.32 bits per heavy atom. The van der Waals surface area contributed by atoms with Gasteiger partial charge in [-0.2, -0.15) is 0 Å². The lowest BCUT2D eigenvalue weighted by atomic mass is 9.99. The van der Waals surface area contributed by atoms with Crippen LogP contribution in [0.2, 0.25) is 0 Å². The van der Waals surface area contributed by atoms with E-state index in [-0.39, 0.29) is 5.82 Å². The highest BCUT2D eigenvalue weighted by Gasteiger charge is 2.17. The molecule has 0 amide bonds. The number of hydrogen-bond acceptors (Lipinski definition) is 2. The molecule has 4 heteroatoms. The van der Waals surface area contributed by atoms with E-state index in [1.54, 1.807) is 6.07 Å². The maximum Gasteiger partial charge on any atom is 0.124 e. The van der Waals surface area contributed by atoms with E-state index < -0.39 is 0 Å². The summed E-state index contributed by atoms with van der Waals surface area (Å²) in [6, 6.07) is 4.96. The van der Waals surface area contributed by atoms with Crippen LogP contribution >= 0.6 is 15.9 Å². The van der Waals surface area contributed by atoms with Gasteiger partial charge in [0.25, 0.3) is 0 Å². The van der Waals surface area contributed by atoms with Crippen molar-refractivity contribution in [3.05, 3.63) is 34.1 Å². The van der Waals surface area contributed by atoms with Crippen LogP contribution in [0.25, 0.3) is 0 Å². The van der Waals surface area contributed by atoms with Crippen molar-refractivity contribution in [1.82, 2.24) is 10.2 Å². The molecule has 0 radical (unpaired) electrons. The molecule has 0 bridgehead atoms. The number of piperidine rings is 1. The highest BCUT2D eigenvalue weighted by Crippen LogP contribution is 2.21. The molecule has 0 saturated carbocycles. The molecular formula is C15H22BrFN2. The Morgan fingerprint density at radius 3 is 2.95 bits per heavy atom. The number of benzene rings is 1. The van der Waals surface area contributed by atoms with Crippen LogP contribution in [-0.4, -0.2) is 31.1 Å². The van der Waals surface area contributed by atoms with Gasteiger partial charge in [-0.3, -0.25) is 4.90 Å². The fraction of sp³-hybridized carbons (Fsp3) is 0.600. The largest absolute Gasteiger partial charge is 0.316 e. The first-order chi connectivity index (χ1) is 9.19. The maximum absolute atomic E-state index is 13.1. The van der Waals surface area contributed by atoms with Gasteiger partial charge in [0, 0.05) is 17.6 Å². The van der Waals surface area contributed by atoms with Gasteiger partial charge in [0.1, 0.15) is 5.82 Å². The Bertz CT molecular complexity index is 405. The van der Waals surface area contributed by atoms with E-state index in [9.17, 15) is 4.39 Å². The highest BCUT2D eigenvalue weighted by atomic mass is 79.9. The summed E-state index contributed by atoms with van der Waals surface area (Å²) in [7, 11) is 0. The van der Waals surface area contributed by atoms with Crippen molar-refractivity contribution in [3.63, 3.8) is 0 Å². The molecule has 0 spiro atoms. The van der Waals surface area contributed by atoms with Crippen LogP contribution in [0.4, 0.5) is 4.39 Å². The lowest BCUT2D eigenvalue weighted by Gasteiger charge is -2.29. The Balaban J connectivity index is 1.94. The van der Waals surface area contributed by atoms with Gasteiger partial charge in [-0.05, 0) is 56.1 Å². The third kappa shape index (κ3) is 4.55. The highest BCUT2D eigenvalue weighted by molar-refractivity contribution is 9.10. The molecular weight excluding hydrogens is 307 g/mol. The van der Waals surface area contributed by atoms with Crippen molar-refractivity contribution in [2.45, 2.75) is 26.3 Å². The van der Waals surface area contributed by atoms with Gasteiger partial charge in [0.2, 0.25) is 0 Å². The second-order valence-electron chi connectivity index (χ2n) is 5.28. The molecule has 0 aliphatic carbocycles. The first kappa shape index (κ1) is 14.9. The zero-order valence-electron chi connectivity index (χ0n) is 11.5. The summed E-state index contributed by atoms with van der Waals surface area (Å²) in [5.41, 5.74) is 1.16. The smallest absolute Gasteiger partial charge is 0.124 e. The van der Waals surface area contributed by atoms with Crippen molar-refractivity contribution in [1.29, 1.82) is 0 Å². The first-order valence-corrected chi connectivity index (χ1v) is 7.85. The number of rotatable bonds is 5. The third-order valence-electron chi connectivity index (χ3n) is 3.77. The molecule has 2 nitrogen and oxygen atoms in total. The second kappa shape index (κ2) is 7.36. The average molecular weight is 329 g/mol. The Morgan fingerprint density at radius 1 is 1.47 bits per heavy atom. The molecule has 1 aromatic carbocycles. The zero-order valence-corrected chi connectivity index (χ0v) is 13.0. The van der Waals surface area contributed by atoms with Gasteiger partial charge in [-0.25, -0.2) is 4.39 Å². The van der Waals surface area contributed by atoms with E-state index >= 15 is 0 Å². The molecule has 1 atom stereocenters. The van der Waals surface area contributed by atoms with Gasteiger partial charge in [-0.1, -0.05) is 28.9 Å². The molecule has 1 aliphatic rings. The van der Waals surface area contributed by atoms with E-state index in [1.807, 2.05) is 6.07 Å². The predicted octanol–water partition coefficient (Wildman–Crippen LogP) is 3.41. The van der Waals surface area contributed by atoms with E-state index in [4.69, 9.17) is 0 Å². The molecule has 1 unspecified atom stereocenters. The first-order valence-electron chi connectivity index (χ1n) is 7.06. The fourth-order valence-corrected chi connectivity index (χ4v) is 3.12. The summed E-state index contributed by atoms with van der Waals surface area (Å²) >= 11 is 3.45. The number of nitrogens with zero attached hydrogens (tertiary/aromatic N) is 1. The van der Waals surface area contributed by atoms with Crippen LogP contribution in [0.5, 0.6) is 0 Å². The van der Waals surface area contributed by atoms with Crippen molar-refractivity contribution in [2.24, 2.45) is 5.92 Å². The molecule has 1 fully saturated rings. The minimum atomic E-state index is -0.185. The molecule has 0 aromatic heterocycles. The lowest BCUT2D eigenvalue weighted by Crippen LogP contribution is -2.38. The normalized spacial score (nSPS) is 19.9. The molecule has 1 aliphatic heterocycles. The Kier molecular flexibility index (Phi) is 5.79. The summed E-state index contributed by atoms with van der Waals surface area (Å²) in [5, 5.41) is 3.46. The summed E-state index contributed by atoms with van der Waals surface area (Å²) in [5.74, 6) is 0.558. The predicted molar refractivity (Wildman–Crippen MR) is 80.6 cm³/mol. The van der Waals surface area contributed by atoms with Crippen LogP contribution in [0.3, 0.4) is 0 Å². The SMILES string of the molecule is CCN(Cc1ccc(F)cc1Br)CC1CCCNC1. The maximum atomic E-state index is 13.1. The fourth-order valence-electron chi connectivity index (χ4n) is 2.64. The molecule has 1 N–H and O–H groups in total. The quantitative estimate of drug-likeness (QED) is 0.891. The van der Waals surface area contributed by atoms with Crippen LogP contribution in [-0.2, 0) is 6.54 Å². The second-order valence-corrected chi connectivity index (χ2v) is 6.13. The Hall–Kier alpha value is -0.450. The van der Waals surface area contributed by atoms with Crippen molar-refractivity contribution in [2.75, 3.05) is 26.2 Å². The summed E-state index contributed by atoms with van der Waals surface area (Å²) in [6.45, 7) is 7.50. The monoisotopic (exact) mass is 328 g/mol. The minimum Gasteiger partial charge on any atom is -0.316 e. The molecule has 106 valence electrons. The van der Waals surface area contributed by atoms with Gasteiger partial charge in [0.05, 0.1) is 0 Å². The van der Waals surface area contributed by atoms with Crippen LogP contribution in [0, 0.1) is 11.7 Å². The van der Waals surface area contributed by atoms with Crippen LogP contribution in [0.15, 0.2) is 22.7 Å². The Labute approximate surface area is 123 Å². The molecule has 1 heterocycles. The van der Waals surface area contributed by atoms with Crippen molar-refractivity contribution < 1.29 is 4.39 Å². The van der Waals surface area contributed by atoms with Crippen LogP contribution in [0.1, 0.15) is 25.3 Å². The summed E-state index contributed by atoms with van der Waals surface area (Å²) in [4.78, 5) is 2.44.